The van der Waals surface area contributed by atoms with Gasteiger partial charge in [-0.1, -0.05) is 6.07 Å². The Morgan fingerprint density at radius 3 is 2.46 bits per heavy atom. The summed E-state index contributed by atoms with van der Waals surface area (Å²) in [7, 11) is 3.12. The van der Waals surface area contributed by atoms with Crippen LogP contribution in [0.4, 0.5) is 10.1 Å². The lowest BCUT2D eigenvalue weighted by molar-refractivity contribution is -0.133. The molecular weight excluding hydrogens is 339 g/mol. The van der Waals surface area contributed by atoms with Gasteiger partial charge in [0.1, 0.15) is 17.1 Å². The molecule has 0 bridgehead atoms. The van der Waals surface area contributed by atoms with Crippen molar-refractivity contribution in [2.75, 3.05) is 19.2 Å². The SMILES string of the molecule is COc1ccc(C(/C=C(\C=O)C(=O)O)=N/N(C)c2cccc(F)c2)cc1. The number of anilines is 1. The molecule has 0 aliphatic heterocycles. The molecule has 2 rings (SSSR count). The number of hydrazone groups is 1. The van der Waals surface area contributed by atoms with E-state index in [1.54, 1.807) is 37.4 Å². The normalized spacial score (nSPS) is 11.8. The van der Waals surface area contributed by atoms with Gasteiger partial charge in [0.15, 0.2) is 6.29 Å². The molecule has 0 heterocycles. The van der Waals surface area contributed by atoms with Gasteiger partial charge >= 0.3 is 5.97 Å². The molecule has 2 aromatic rings. The van der Waals surface area contributed by atoms with Crippen LogP contribution in [0.2, 0.25) is 0 Å². The van der Waals surface area contributed by atoms with Gasteiger partial charge in [0.05, 0.1) is 18.5 Å². The molecule has 2 aromatic carbocycles. The van der Waals surface area contributed by atoms with E-state index in [4.69, 9.17) is 9.84 Å². The number of halogens is 1. The van der Waals surface area contributed by atoms with E-state index >= 15 is 0 Å². The predicted molar refractivity (Wildman–Crippen MR) is 96.1 cm³/mol. The van der Waals surface area contributed by atoms with Crippen LogP contribution in [0.1, 0.15) is 5.56 Å². The molecule has 0 atom stereocenters. The molecule has 6 nitrogen and oxygen atoms in total. The second-order valence-corrected chi connectivity index (χ2v) is 5.24. The van der Waals surface area contributed by atoms with Gasteiger partial charge in [0.2, 0.25) is 0 Å². The number of allylic oxidation sites excluding steroid dienone is 1. The Hall–Kier alpha value is -3.48. The molecule has 26 heavy (non-hydrogen) atoms. The number of rotatable bonds is 7. The zero-order chi connectivity index (χ0) is 19.1. The lowest BCUT2D eigenvalue weighted by Crippen LogP contribution is -2.15. The maximum atomic E-state index is 13.4. The third kappa shape index (κ3) is 4.76. The minimum Gasteiger partial charge on any atom is -0.497 e. The molecular formula is C19H17FN2O4. The van der Waals surface area contributed by atoms with E-state index in [1.165, 1.54) is 30.3 Å². The van der Waals surface area contributed by atoms with Crippen LogP contribution in [0.25, 0.3) is 0 Å². The minimum absolute atomic E-state index is 0.226. The van der Waals surface area contributed by atoms with Gasteiger partial charge in [-0.25, -0.2) is 9.18 Å². The Labute approximate surface area is 149 Å². The summed E-state index contributed by atoms with van der Waals surface area (Å²) in [5, 5.41) is 14.8. The first-order valence-corrected chi connectivity index (χ1v) is 7.57. The summed E-state index contributed by atoms with van der Waals surface area (Å²) in [6.45, 7) is 0. The highest BCUT2D eigenvalue weighted by atomic mass is 19.1. The quantitative estimate of drug-likeness (QED) is 0.206. The molecule has 0 saturated carbocycles. The van der Waals surface area contributed by atoms with Crippen LogP contribution in [0.15, 0.2) is 65.3 Å². The molecule has 7 heteroatoms. The van der Waals surface area contributed by atoms with Crippen LogP contribution >= 0.6 is 0 Å². The van der Waals surface area contributed by atoms with E-state index in [2.05, 4.69) is 5.10 Å². The minimum atomic E-state index is -1.37. The second kappa shape index (κ2) is 8.57. The highest BCUT2D eigenvalue weighted by molar-refractivity contribution is 6.18. The van der Waals surface area contributed by atoms with E-state index in [0.717, 1.165) is 6.08 Å². The standard InChI is InChI=1S/C19H17FN2O4/c1-22(16-5-3-4-15(20)11-16)21-18(10-14(12-23)19(24)25)13-6-8-17(26-2)9-7-13/h3-12H,1-2H3,(H,24,25)/b14-10+,21-18+. The lowest BCUT2D eigenvalue weighted by atomic mass is 10.1. The highest BCUT2D eigenvalue weighted by Gasteiger charge is 2.11. The van der Waals surface area contributed by atoms with Crippen molar-refractivity contribution in [1.82, 2.24) is 0 Å². The average Bonchev–Trinajstić information content (AvgIpc) is 2.64. The smallest absolute Gasteiger partial charge is 0.339 e. The molecule has 1 N–H and O–H groups in total. The van der Waals surface area contributed by atoms with Crippen LogP contribution < -0.4 is 9.75 Å². The fourth-order valence-corrected chi connectivity index (χ4v) is 2.12. The van der Waals surface area contributed by atoms with Crippen molar-refractivity contribution in [3.05, 3.63) is 71.6 Å². The fraction of sp³-hybridized carbons (Fsp3) is 0.105. The Bertz CT molecular complexity index is 860. The van der Waals surface area contributed by atoms with Crippen LogP contribution in [0, 0.1) is 5.82 Å². The molecule has 0 aromatic heterocycles. The molecule has 0 spiro atoms. The summed E-state index contributed by atoms with van der Waals surface area (Å²) >= 11 is 0. The number of carbonyl (C=O) groups is 2. The number of carbonyl (C=O) groups excluding carboxylic acids is 1. The first-order valence-electron chi connectivity index (χ1n) is 7.57. The number of carboxylic acids is 1. The van der Waals surface area contributed by atoms with Crippen molar-refractivity contribution < 1.29 is 23.8 Å². The molecule has 0 aliphatic carbocycles. The summed E-state index contributed by atoms with van der Waals surface area (Å²) in [4.78, 5) is 22.2. The first-order chi connectivity index (χ1) is 12.4. The van der Waals surface area contributed by atoms with Crippen LogP contribution in [0.3, 0.4) is 0 Å². The molecule has 0 unspecified atom stereocenters. The van der Waals surface area contributed by atoms with Gasteiger partial charge in [-0.2, -0.15) is 5.10 Å². The van der Waals surface area contributed by atoms with E-state index < -0.39 is 17.4 Å². The third-order valence-corrected chi connectivity index (χ3v) is 3.49. The zero-order valence-electron chi connectivity index (χ0n) is 14.2. The van der Waals surface area contributed by atoms with Gasteiger partial charge < -0.3 is 9.84 Å². The highest BCUT2D eigenvalue weighted by Crippen LogP contribution is 2.17. The molecule has 134 valence electrons. The van der Waals surface area contributed by atoms with E-state index in [1.807, 2.05) is 0 Å². The summed E-state index contributed by atoms with van der Waals surface area (Å²) in [5.74, 6) is -1.18. The van der Waals surface area contributed by atoms with Crippen molar-refractivity contribution in [1.29, 1.82) is 0 Å². The van der Waals surface area contributed by atoms with Crippen molar-refractivity contribution >= 4 is 23.7 Å². The molecule has 0 saturated heterocycles. The number of carboxylic acid groups (broad SMARTS) is 1. The fourth-order valence-electron chi connectivity index (χ4n) is 2.12. The number of aliphatic carboxylic acids is 1. The molecule has 0 radical (unpaired) electrons. The van der Waals surface area contributed by atoms with Crippen LogP contribution in [0.5, 0.6) is 5.75 Å². The molecule has 0 fully saturated rings. The predicted octanol–water partition coefficient (Wildman–Crippen LogP) is 2.88. The number of methoxy groups -OCH3 is 1. The summed E-state index contributed by atoms with van der Waals surface area (Å²) in [6, 6.07) is 12.5. The van der Waals surface area contributed by atoms with E-state index in [0.29, 0.717) is 17.0 Å². The summed E-state index contributed by atoms with van der Waals surface area (Å²) < 4.78 is 18.5. The van der Waals surface area contributed by atoms with Crippen molar-refractivity contribution in [2.24, 2.45) is 5.10 Å². The number of hydrogen-bond donors (Lipinski definition) is 1. The Morgan fingerprint density at radius 1 is 1.23 bits per heavy atom. The van der Waals surface area contributed by atoms with Crippen molar-refractivity contribution in [2.45, 2.75) is 0 Å². The zero-order valence-corrected chi connectivity index (χ0v) is 14.2. The van der Waals surface area contributed by atoms with Gasteiger partial charge in [-0.15, -0.1) is 0 Å². The number of hydrogen-bond acceptors (Lipinski definition) is 5. The number of benzene rings is 2. The second-order valence-electron chi connectivity index (χ2n) is 5.24. The van der Waals surface area contributed by atoms with Crippen molar-refractivity contribution in [3.8, 4) is 5.75 Å². The Morgan fingerprint density at radius 2 is 1.92 bits per heavy atom. The number of ether oxygens (including phenoxy) is 1. The third-order valence-electron chi connectivity index (χ3n) is 3.49. The largest absolute Gasteiger partial charge is 0.497 e. The van der Waals surface area contributed by atoms with Crippen LogP contribution in [-0.2, 0) is 9.59 Å². The number of aldehydes is 1. The monoisotopic (exact) mass is 356 g/mol. The maximum Gasteiger partial charge on any atom is 0.339 e. The van der Waals surface area contributed by atoms with Gasteiger partial charge in [0.25, 0.3) is 0 Å². The molecule has 0 amide bonds. The maximum absolute atomic E-state index is 13.4. The average molecular weight is 356 g/mol. The Kier molecular flexibility index (Phi) is 6.21. The van der Waals surface area contributed by atoms with Crippen molar-refractivity contribution in [3.63, 3.8) is 0 Å². The van der Waals surface area contributed by atoms with Gasteiger partial charge in [-0.3, -0.25) is 9.80 Å². The van der Waals surface area contributed by atoms with Crippen LogP contribution in [-0.4, -0.2) is 37.2 Å². The molecule has 0 aliphatic rings. The van der Waals surface area contributed by atoms with Gasteiger partial charge in [0, 0.05) is 12.6 Å². The number of nitrogens with zero attached hydrogens (tertiary/aromatic N) is 2. The first kappa shape index (κ1) is 18.9. The topological polar surface area (TPSA) is 79.2 Å². The summed E-state index contributed by atoms with van der Waals surface area (Å²) in [6.07, 6.45) is 1.40. The van der Waals surface area contributed by atoms with E-state index in [9.17, 15) is 14.0 Å². The Balaban J connectivity index is 2.51. The lowest BCUT2D eigenvalue weighted by Gasteiger charge is -2.15. The van der Waals surface area contributed by atoms with Gasteiger partial charge in [-0.05, 0) is 48.5 Å². The van der Waals surface area contributed by atoms with E-state index in [-0.39, 0.29) is 12.0 Å². The summed E-state index contributed by atoms with van der Waals surface area (Å²) in [5.41, 5.74) is 0.804.